The molecule has 5 nitrogen and oxygen atoms in total. The summed E-state index contributed by atoms with van der Waals surface area (Å²) in [6.45, 7) is 3.48. The predicted octanol–water partition coefficient (Wildman–Crippen LogP) is 1.33. The van der Waals surface area contributed by atoms with Crippen LogP contribution in [0.3, 0.4) is 0 Å². The summed E-state index contributed by atoms with van der Waals surface area (Å²) in [4.78, 5) is 15.4. The number of rotatable bonds is 5. The number of nitrogens with zero attached hydrogens (tertiary/aromatic N) is 1. The van der Waals surface area contributed by atoms with Crippen LogP contribution in [0, 0.1) is 0 Å². The Morgan fingerprint density at radius 1 is 1.53 bits per heavy atom. The Bertz CT molecular complexity index is 471. The summed E-state index contributed by atoms with van der Waals surface area (Å²) in [5, 5.41) is -0.576. The molecule has 0 radical (unpaired) electrons. The molecule has 1 atom stereocenters. The van der Waals surface area contributed by atoms with Gasteiger partial charge in [-0.2, -0.15) is 0 Å². The fourth-order valence-corrected chi connectivity index (χ4v) is 2.47. The maximum atomic E-state index is 11.8. The van der Waals surface area contributed by atoms with Crippen molar-refractivity contribution in [2.45, 2.75) is 31.9 Å². The van der Waals surface area contributed by atoms with E-state index in [1.807, 2.05) is 6.92 Å². The Kier molecular flexibility index (Phi) is 4.62. The zero-order valence-corrected chi connectivity index (χ0v) is 10.7. The molecule has 1 heterocycles. The van der Waals surface area contributed by atoms with E-state index in [9.17, 15) is 13.2 Å². The van der Waals surface area contributed by atoms with E-state index in [-0.39, 0.29) is 5.56 Å². The molecule has 0 aliphatic carbocycles. The lowest BCUT2D eigenvalue weighted by Gasteiger charge is -2.12. The molecule has 94 valence electrons. The van der Waals surface area contributed by atoms with Gasteiger partial charge in [-0.25, -0.2) is 13.1 Å². The van der Waals surface area contributed by atoms with Gasteiger partial charge < -0.3 is 0 Å². The summed E-state index contributed by atoms with van der Waals surface area (Å²) < 4.78 is 25.6. The quantitative estimate of drug-likeness (QED) is 0.862. The molecule has 0 saturated carbocycles. The van der Waals surface area contributed by atoms with Crippen LogP contribution in [-0.2, 0) is 10.0 Å². The summed E-state index contributed by atoms with van der Waals surface area (Å²) in [5.74, 6) is -0.638. The topological polar surface area (TPSA) is 76.1 Å². The van der Waals surface area contributed by atoms with Crippen molar-refractivity contribution in [2.24, 2.45) is 0 Å². The Morgan fingerprint density at radius 2 is 2.24 bits per heavy atom. The zero-order chi connectivity index (χ0) is 12.9. The molecule has 0 aliphatic rings. The smallest absolute Gasteiger partial charge is 0.266 e. The number of nitrogens with one attached hydrogen (secondary N) is 1. The normalized spacial score (nSPS) is 13.1. The minimum Gasteiger partial charge on any atom is -0.268 e. The molecule has 6 heteroatoms. The second kappa shape index (κ2) is 5.77. The first-order valence-electron chi connectivity index (χ1n) is 5.43. The summed E-state index contributed by atoms with van der Waals surface area (Å²) in [6.07, 6.45) is 4.12. The van der Waals surface area contributed by atoms with Crippen molar-refractivity contribution in [3.8, 4) is 0 Å². The summed E-state index contributed by atoms with van der Waals surface area (Å²) in [6, 6.07) is 3.10. The maximum absolute atomic E-state index is 11.8. The van der Waals surface area contributed by atoms with Crippen LogP contribution < -0.4 is 4.72 Å². The van der Waals surface area contributed by atoms with Crippen molar-refractivity contribution in [3.05, 3.63) is 30.1 Å². The van der Waals surface area contributed by atoms with Gasteiger partial charge in [0, 0.05) is 12.4 Å². The van der Waals surface area contributed by atoms with Gasteiger partial charge in [-0.1, -0.05) is 13.3 Å². The van der Waals surface area contributed by atoms with Gasteiger partial charge in [-0.3, -0.25) is 9.78 Å². The van der Waals surface area contributed by atoms with Gasteiger partial charge in [-0.05, 0) is 25.5 Å². The van der Waals surface area contributed by atoms with E-state index in [0.29, 0.717) is 6.42 Å². The minimum atomic E-state index is -3.60. The number of carbonyl (C=O) groups excluding carboxylic acids is 1. The molecule has 0 unspecified atom stereocenters. The molecule has 0 fully saturated rings. The first kappa shape index (κ1) is 13.6. The van der Waals surface area contributed by atoms with Gasteiger partial charge in [0.15, 0.2) is 0 Å². The highest BCUT2D eigenvalue weighted by Gasteiger charge is 2.22. The van der Waals surface area contributed by atoms with Crippen LogP contribution in [0.1, 0.15) is 37.0 Å². The number of amides is 1. The number of aromatic nitrogens is 1. The molecule has 1 amide bonds. The van der Waals surface area contributed by atoms with Crippen molar-refractivity contribution >= 4 is 15.9 Å². The number of pyridine rings is 1. The molecule has 1 N–H and O–H groups in total. The third-order valence-electron chi connectivity index (χ3n) is 2.38. The lowest BCUT2D eigenvalue weighted by Crippen LogP contribution is -2.37. The van der Waals surface area contributed by atoms with Crippen LogP contribution in [-0.4, -0.2) is 24.6 Å². The van der Waals surface area contributed by atoms with E-state index in [1.54, 1.807) is 13.0 Å². The highest BCUT2D eigenvalue weighted by atomic mass is 32.2. The fraction of sp³-hybridized carbons (Fsp3) is 0.455. The van der Waals surface area contributed by atoms with Crippen LogP contribution in [0.5, 0.6) is 0 Å². The number of carbonyl (C=O) groups is 1. The summed E-state index contributed by atoms with van der Waals surface area (Å²) in [5.41, 5.74) is 0.236. The molecule has 1 rings (SSSR count). The third kappa shape index (κ3) is 3.81. The highest BCUT2D eigenvalue weighted by Crippen LogP contribution is 2.07. The van der Waals surface area contributed by atoms with Crippen LogP contribution in [0.4, 0.5) is 0 Å². The van der Waals surface area contributed by atoms with Gasteiger partial charge in [-0.15, -0.1) is 0 Å². The van der Waals surface area contributed by atoms with Gasteiger partial charge in [0.2, 0.25) is 10.0 Å². The second-order valence-electron chi connectivity index (χ2n) is 3.82. The molecule has 1 aromatic rings. The molecule has 17 heavy (non-hydrogen) atoms. The van der Waals surface area contributed by atoms with Gasteiger partial charge in [0.1, 0.15) is 0 Å². The second-order valence-corrected chi connectivity index (χ2v) is 5.92. The van der Waals surface area contributed by atoms with Gasteiger partial charge >= 0.3 is 0 Å². The summed E-state index contributed by atoms with van der Waals surface area (Å²) >= 11 is 0. The average Bonchev–Trinajstić information content (AvgIpc) is 2.30. The standard InChI is InChI=1S/C11H16N2O3S/c1-3-5-9(2)17(15,16)13-11(14)10-6-4-7-12-8-10/h4,6-9H,3,5H2,1-2H3,(H,13,14)/t9-/m0/s1. The summed E-state index contributed by atoms with van der Waals surface area (Å²) in [7, 11) is -3.60. The molecular formula is C11H16N2O3S. The van der Waals surface area contributed by atoms with Crippen molar-refractivity contribution < 1.29 is 13.2 Å². The molecular weight excluding hydrogens is 240 g/mol. The molecule has 0 aromatic carbocycles. The van der Waals surface area contributed by atoms with Crippen LogP contribution in [0.25, 0.3) is 0 Å². The predicted molar refractivity (Wildman–Crippen MR) is 65.0 cm³/mol. The molecule has 0 aliphatic heterocycles. The Hall–Kier alpha value is -1.43. The number of sulfonamides is 1. The van der Waals surface area contributed by atoms with Crippen molar-refractivity contribution in [1.82, 2.24) is 9.71 Å². The van der Waals surface area contributed by atoms with Crippen LogP contribution in [0.15, 0.2) is 24.5 Å². The lowest BCUT2D eigenvalue weighted by molar-refractivity contribution is 0.0980. The zero-order valence-electron chi connectivity index (χ0n) is 9.88. The maximum Gasteiger partial charge on any atom is 0.266 e. The van der Waals surface area contributed by atoms with Crippen LogP contribution >= 0.6 is 0 Å². The highest BCUT2D eigenvalue weighted by molar-refractivity contribution is 7.90. The Balaban J connectivity index is 2.75. The fourth-order valence-electron chi connectivity index (χ4n) is 1.35. The van der Waals surface area contributed by atoms with Crippen LogP contribution in [0.2, 0.25) is 0 Å². The van der Waals surface area contributed by atoms with E-state index < -0.39 is 21.2 Å². The Morgan fingerprint density at radius 3 is 2.76 bits per heavy atom. The monoisotopic (exact) mass is 256 g/mol. The van der Waals surface area contributed by atoms with Crippen molar-refractivity contribution in [3.63, 3.8) is 0 Å². The Labute approximate surface area is 101 Å². The minimum absolute atomic E-state index is 0.236. The first-order valence-corrected chi connectivity index (χ1v) is 6.98. The third-order valence-corrected chi connectivity index (χ3v) is 4.15. The van der Waals surface area contributed by atoms with E-state index >= 15 is 0 Å². The van der Waals surface area contributed by atoms with E-state index in [0.717, 1.165) is 6.42 Å². The molecule has 1 aromatic heterocycles. The van der Waals surface area contributed by atoms with Gasteiger partial charge in [0.05, 0.1) is 10.8 Å². The van der Waals surface area contributed by atoms with Gasteiger partial charge in [0.25, 0.3) is 5.91 Å². The molecule has 0 saturated heterocycles. The molecule has 0 spiro atoms. The van der Waals surface area contributed by atoms with E-state index in [1.165, 1.54) is 18.5 Å². The lowest BCUT2D eigenvalue weighted by atomic mass is 10.3. The van der Waals surface area contributed by atoms with Crippen molar-refractivity contribution in [2.75, 3.05) is 0 Å². The largest absolute Gasteiger partial charge is 0.268 e. The van der Waals surface area contributed by atoms with E-state index in [2.05, 4.69) is 9.71 Å². The van der Waals surface area contributed by atoms with Crippen molar-refractivity contribution in [1.29, 1.82) is 0 Å². The average molecular weight is 256 g/mol. The SMILES string of the molecule is CCC[C@H](C)S(=O)(=O)NC(=O)c1cccnc1. The number of hydrogen-bond acceptors (Lipinski definition) is 4. The first-order chi connectivity index (χ1) is 7.97. The molecule has 0 bridgehead atoms. The van der Waals surface area contributed by atoms with E-state index in [4.69, 9.17) is 0 Å². The number of hydrogen-bond donors (Lipinski definition) is 1.